The lowest BCUT2D eigenvalue weighted by atomic mass is 10.2. The van der Waals surface area contributed by atoms with Gasteiger partial charge in [0.25, 0.3) is 0 Å². The minimum absolute atomic E-state index is 0.271. The van der Waals surface area contributed by atoms with Crippen LogP contribution < -0.4 is 10.1 Å². The van der Waals surface area contributed by atoms with E-state index >= 15 is 0 Å². The number of para-hydroxylation sites is 2. The standard InChI is InChI=1S/C22H26N2O4/c25-22(26)17-10-12-18(13-11-17)27-16-6-5-15-23-14-4-3-9-21-24-19-7-1-2-8-20(19)28-21/h1-2,7-8,10-13,23H,3-6,9,14-16H2,(H,25,26). The van der Waals surface area contributed by atoms with Gasteiger partial charge in [0.1, 0.15) is 11.3 Å². The van der Waals surface area contributed by atoms with E-state index in [1.54, 1.807) is 24.3 Å². The van der Waals surface area contributed by atoms with Crippen LogP contribution in [0.15, 0.2) is 52.9 Å². The number of hydrogen-bond acceptors (Lipinski definition) is 5. The van der Waals surface area contributed by atoms with Crippen molar-refractivity contribution in [3.05, 3.63) is 60.0 Å². The number of rotatable bonds is 12. The highest BCUT2D eigenvalue weighted by Crippen LogP contribution is 2.16. The highest BCUT2D eigenvalue weighted by molar-refractivity contribution is 5.87. The number of carboxylic acid groups (broad SMARTS) is 1. The molecule has 2 N–H and O–H groups in total. The first-order valence-electron chi connectivity index (χ1n) is 9.74. The molecule has 6 nitrogen and oxygen atoms in total. The molecular weight excluding hydrogens is 356 g/mol. The second kappa shape index (κ2) is 10.5. The van der Waals surface area contributed by atoms with E-state index in [9.17, 15) is 4.79 Å². The molecule has 0 saturated carbocycles. The highest BCUT2D eigenvalue weighted by atomic mass is 16.5. The summed E-state index contributed by atoms with van der Waals surface area (Å²) in [5.74, 6) is 0.596. The molecule has 0 unspecified atom stereocenters. The molecule has 0 aliphatic heterocycles. The zero-order chi connectivity index (χ0) is 19.6. The summed E-state index contributed by atoms with van der Waals surface area (Å²) in [7, 11) is 0. The SMILES string of the molecule is O=C(O)c1ccc(OCCCCNCCCCc2nc3ccccc3o2)cc1. The third kappa shape index (κ3) is 6.09. The maximum Gasteiger partial charge on any atom is 0.335 e. The van der Waals surface area contributed by atoms with Crippen LogP contribution in [0.25, 0.3) is 11.1 Å². The molecule has 0 atom stereocenters. The Morgan fingerprint density at radius 1 is 1.00 bits per heavy atom. The van der Waals surface area contributed by atoms with Crippen LogP contribution >= 0.6 is 0 Å². The van der Waals surface area contributed by atoms with Gasteiger partial charge in [-0.1, -0.05) is 12.1 Å². The summed E-state index contributed by atoms with van der Waals surface area (Å²) in [4.78, 5) is 15.3. The van der Waals surface area contributed by atoms with Crippen molar-refractivity contribution in [1.82, 2.24) is 10.3 Å². The molecule has 0 saturated heterocycles. The van der Waals surface area contributed by atoms with Gasteiger partial charge < -0.3 is 19.6 Å². The van der Waals surface area contributed by atoms with Crippen LogP contribution in [-0.2, 0) is 6.42 Å². The zero-order valence-corrected chi connectivity index (χ0v) is 15.9. The molecule has 3 aromatic rings. The molecule has 6 heteroatoms. The summed E-state index contributed by atoms with van der Waals surface area (Å²) >= 11 is 0. The molecule has 0 spiro atoms. The van der Waals surface area contributed by atoms with Gasteiger partial charge in [-0.2, -0.15) is 0 Å². The fourth-order valence-electron chi connectivity index (χ4n) is 2.91. The molecule has 0 amide bonds. The van der Waals surface area contributed by atoms with Crippen LogP contribution in [0.2, 0.25) is 0 Å². The summed E-state index contributed by atoms with van der Waals surface area (Å²) in [6.45, 7) is 2.58. The average Bonchev–Trinajstić information content (AvgIpc) is 3.12. The van der Waals surface area contributed by atoms with Crippen molar-refractivity contribution in [1.29, 1.82) is 0 Å². The Kier molecular flexibility index (Phi) is 7.44. The van der Waals surface area contributed by atoms with E-state index in [1.165, 1.54) is 0 Å². The molecular formula is C22H26N2O4. The Balaban J connectivity index is 1.18. The minimum atomic E-state index is -0.925. The van der Waals surface area contributed by atoms with Crippen LogP contribution in [0, 0.1) is 0 Å². The van der Waals surface area contributed by atoms with E-state index in [-0.39, 0.29) is 5.56 Å². The molecule has 3 rings (SSSR count). The smallest absolute Gasteiger partial charge is 0.335 e. The molecule has 1 aromatic heterocycles. The lowest BCUT2D eigenvalue weighted by molar-refractivity contribution is 0.0697. The van der Waals surface area contributed by atoms with Crippen molar-refractivity contribution in [3.8, 4) is 5.75 Å². The number of aromatic carboxylic acids is 1. The van der Waals surface area contributed by atoms with Gasteiger partial charge in [0.2, 0.25) is 0 Å². The van der Waals surface area contributed by atoms with E-state index in [0.29, 0.717) is 12.4 Å². The maximum absolute atomic E-state index is 10.8. The average molecular weight is 382 g/mol. The number of carbonyl (C=O) groups is 1. The summed E-state index contributed by atoms with van der Waals surface area (Å²) in [6.07, 6.45) is 5.00. The van der Waals surface area contributed by atoms with Crippen LogP contribution in [-0.4, -0.2) is 35.8 Å². The fraction of sp³-hybridized carbons (Fsp3) is 0.364. The molecule has 1 heterocycles. The van der Waals surface area contributed by atoms with E-state index < -0.39 is 5.97 Å². The van der Waals surface area contributed by atoms with Gasteiger partial charge in [-0.05, 0) is 75.2 Å². The van der Waals surface area contributed by atoms with Gasteiger partial charge in [-0.15, -0.1) is 0 Å². The Morgan fingerprint density at radius 3 is 2.50 bits per heavy atom. The van der Waals surface area contributed by atoms with Gasteiger partial charge in [0.15, 0.2) is 11.5 Å². The van der Waals surface area contributed by atoms with Gasteiger partial charge in [-0.25, -0.2) is 9.78 Å². The summed E-state index contributed by atoms with van der Waals surface area (Å²) in [5, 5.41) is 12.3. The second-order valence-electron chi connectivity index (χ2n) is 6.67. The first-order chi connectivity index (χ1) is 13.7. The van der Waals surface area contributed by atoms with Crippen molar-refractivity contribution in [2.45, 2.75) is 32.1 Å². The van der Waals surface area contributed by atoms with E-state index in [4.69, 9.17) is 14.3 Å². The Morgan fingerprint density at radius 2 is 1.75 bits per heavy atom. The number of hydrogen-bond donors (Lipinski definition) is 2. The number of ether oxygens (including phenoxy) is 1. The number of nitrogens with one attached hydrogen (secondary N) is 1. The number of oxazole rings is 1. The van der Waals surface area contributed by atoms with Gasteiger partial charge in [0, 0.05) is 6.42 Å². The van der Waals surface area contributed by atoms with Crippen LogP contribution in [0.1, 0.15) is 41.9 Å². The Bertz CT molecular complexity index is 841. The number of fused-ring (bicyclic) bond motifs is 1. The summed E-state index contributed by atoms with van der Waals surface area (Å²) in [5.41, 5.74) is 2.05. The third-order valence-electron chi connectivity index (χ3n) is 4.45. The van der Waals surface area contributed by atoms with Gasteiger partial charge >= 0.3 is 5.97 Å². The van der Waals surface area contributed by atoms with Crippen molar-refractivity contribution in [2.75, 3.05) is 19.7 Å². The number of unbranched alkanes of at least 4 members (excludes halogenated alkanes) is 2. The molecule has 0 bridgehead atoms. The number of nitrogens with zero attached hydrogens (tertiary/aromatic N) is 1. The van der Waals surface area contributed by atoms with E-state index in [1.807, 2.05) is 24.3 Å². The monoisotopic (exact) mass is 382 g/mol. The van der Waals surface area contributed by atoms with Crippen molar-refractivity contribution < 1.29 is 19.1 Å². The Labute approximate surface area is 164 Å². The zero-order valence-electron chi connectivity index (χ0n) is 15.9. The van der Waals surface area contributed by atoms with Gasteiger partial charge in [0.05, 0.1) is 12.2 Å². The fourth-order valence-corrected chi connectivity index (χ4v) is 2.91. The Hall–Kier alpha value is -2.86. The predicted molar refractivity (Wildman–Crippen MR) is 108 cm³/mol. The largest absolute Gasteiger partial charge is 0.494 e. The normalized spacial score (nSPS) is 11.0. The van der Waals surface area contributed by atoms with Crippen LogP contribution in [0.5, 0.6) is 5.75 Å². The van der Waals surface area contributed by atoms with Crippen LogP contribution in [0.3, 0.4) is 0 Å². The first kappa shape index (κ1) is 19.9. The second-order valence-corrected chi connectivity index (χ2v) is 6.67. The molecule has 0 aliphatic carbocycles. The first-order valence-corrected chi connectivity index (χ1v) is 9.74. The quantitative estimate of drug-likeness (QED) is 0.454. The predicted octanol–water partition coefficient (Wildman–Crippen LogP) is 4.30. The van der Waals surface area contributed by atoms with E-state index in [2.05, 4.69) is 10.3 Å². The lowest BCUT2D eigenvalue weighted by Crippen LogP contribution is -2.17. The molecule has 2 aromatic carbocycles. The number of aryl methyl sites for hydroxylation is 1. The minimum Gasteiger partial charge on any atom is -0.494 e. The van der Waals surface area contributed by atoms with Crippen LogP contribution in [0.4, 0.5) is 0 Å². The topological polar surface area (TPSA) is 84.6 Å². The number of carboxylic acids is 1. The molecule has 0 aliphatic rings. The van der Waals surface area contributed by atoms with Gasteiger partial charge in [-0.3, -0.25) is 0 Å². The molecule has 0 fully saturated rings. The maximum atomic E-state index is 10.8. The highest BCUT2D eigenvalue weighted by Gasteiger charge is 2.04. The summed E-state index contributed by atoms with van der Waals surface area (Å²) < 4.78 is 11.3. The lowest BCUT2D eigenvalue weighted by Gasteiger charge is -2.07. The van der Waals surface area contributed by atoms with Crippen molar-refractivity contribution in [3.63, 3.8) is 0 Å². The molecule has 0 radical (unpaired) electrons. The molecule has 148 valence electrons. The number of aromatic nitrogens is 1. The van der Waals surface area contributed by atoms with E-state index in [0.717, 1.165) is 62.2 Å². The summed E-state index contributed by atoms with van der Waals surface area (Å²) in [6, 6.07) is 14.3. The molecule has 28 heavy (non-hydrogen) atoms. The third-order valence-corrected chi connectivity index (χ3v) is 4.45. The van der Waals surface area contributed by atoms with Crippen molar-refractivity contribution >= 4 is 17.1 Å². The van der Waals surface area contributed by atoms with Crippen molar-refractivity contribution in [2.24, 2.45) is 0 Å². The number of benzene rings is 2.